The van der Waals surface area contributed by atoms with E-state index >= 15 is 0 Å². The molecule has 2 amide bonds. The number of likely N-dealkylation sites (tertiary alicyclic amines) is 1. The second-order valence-corrected chi connectivity index (χ2v) is 8.93. The Kier molecular flexibility index (Phi) is 5.59. The minimum Gasteiger partial charge on any atom is -0.504 e. The molecule has 2 N–H and O–H groups in total. The Balaban J connectivity index is 1.77. The van der Waals surface area contributed by atoms with Crippen LogP contribution in [0, 0.1) is 5.41 Å². The van der Waals surface area contributed by atoms with Crippen molar-refractivity contribution in [3.05, 3.63) is 23.3 Å². The summed E-state index contributed by atoms with van der Waals surface area (Å²) < 4.78 is 5.37. The molecule has 2 aliphatic rings. The largest absolute Gasteiger partial charge is 0.504 e. The van der Waals surface area contributed by atoms with E-state index in [1.165, 1.54) is 17.5 Å². The maximum atomic E-state index is 12.5. The fourth-order valence-corrected chi connectivity index (χ4v) is 4.68. The molecule has 5 nitrogen and oxygen atoms in total. The number of methoxy groups -OCH3 is 1. The maximum absolute atomic E-state index is 12.5. The van der Waals surface area contributed by atoms with Crippen LogP contribution in [0.3, 0.4) is 0 Å². The first-order valence-corrected chi connectivity index (χ1v) is 10.2. The van der Waals surface area contributed by atoms with E-state index in [1.54, 1.807) is 7.11 Å². The van der Waals surface area contributed by atoms with Gasteiger partial charge in [0.25, 0.3) is 0 Å². The van der Waals surface area contributed by atoms with E-state index in [9.17, 15) is 9.90 Å². The monoisotopic (exact) mass is 374 g/mol. The minimum absolute atomic E-state index is 0.0652. The molecule has 3 rings (SSSR count). The molecule has 1 fully saturated rings. The summed E-state index contributed by atoms with van der Waals surface area (Å²) in [7, 11) is 1.59. The van der Waals surface area contributed by atoms with E-state index < -0.39 is 0 Å². The predicted octanol–water partition coefficient (Wildman–Crippen LogP) is 4.22. The number of carbonyl (C=O) groups excluding carboxylic acids is 1. The van der Waals surface area contributed by atoms with Gasteiger partial charge in [-0.3, -0.25) is 0 Å². The number of amides is 2. The van der Waals surface area contributed by atoms with Crippen molar-refractivity contribution in [1.29, 1.82) is 0 Å². The summed E-state index contributed by atoms with van der Waals surface area (Å²) >= 11 is 0. The molecule has 1 aliphatic carbocycles. The number of fused-ring (bicyclic) bond motifs is 1. The second-order valence-electron chi connectivity index (χ2n) is 8.93. The highest BCUT2D eigenvalue weighted by molar-refractivity contribution is 5.74. The molecule has 0 radical (unpaired) electrons. The second kappa shape index (κ2) is 7.61. The molecule has 0 aromatic heterocycles. The zero-order valence-corrected chi connectivity index (χ0v) is 17.2. The van der Waals surface area contributed by atoms with Crippen molar-refractivity contribution in [3.63, 3.8) is 0 Å². The van der Waals surface area contributed by atoms with Crippen LogP contribution in [-0.4, -0.2) is 42.8 Å². The number of nitrogens with zero attached hydrogens (tertiary/aromatic N) is 1. The van der Waals surface area contributed by atoms with Gasteiger partial charge in [0.2, 0.25) is 0 Å². The number of phenols is 1. The van der Waals surface area contributed by atoms with Gasteiger partial charge in [0, 0.05) is 19.6 Å². The third-order valence-electron chi connectivity index (χ3n) is 7.06. The van der Waals surface area contributed by atoms with Crippen LogP contribution in [0.15, 0.2) is 12.1 Å². The summed E-state index contributed by atoms with van der Waals surface area (Å²) in [4.78, 5) is 14.4. The van der Waals surface area contributed by atoms with Crippen molar-refractivity contribution in [2.24, 2.45) is 5.41 Å². The van der Waals surface area contributed by atoms with Gasteiger partial charge in [-0.1, -0.05) is 20.8 Å². The topological polar surface area (TPSA) is 61.8 Å². The maximum Gasteiger partial charge on any atom is 0.317 e. The van der Waals surface area contributed by atoms with Crippen molar-refractivity contribution in [3.8, 4) is 11.5 Å². The smallest absolute Gasteiger partial charge is 0.317 e. The van der Waals surface area contributed by atoms with E-state index in [1.807, 2.05) is 17.0 Å². The zero-order chi connectivity index (χ0) is 19.7. The number of rotatable bonds is 4. The Morgan fingerprint density at radius 1 is 1.22 bits per heavy atom. The Labute approximate surface area is 163 Å². The van der Waals surface area contributed by atoms with Crippen LogP contribution < -0.4 is 10.1 Å². The predicted molar refractivity (Wildman–Crippen MR) is 108 cm³/mol. The van der Waals surface area contributed by atoms with Crippen LogP contribution in [0.2, 0.25) is 0 Å². The van der Waals surface area contributed by atoms with Gasteiger partial charge in [0.15, 0.2) is 11.5 Å². The van der Waals surface area contributed by atoms with Gasteiger partial charge < -0.3 is 20.1 Å². The lowest BCUT2D eigenvalue weighted by Crippen LogP contribution is -2.48. The minimum atomic E-state index is -0.100. The highest BCUT2D eigenvalue weighted by Crippen LogP contribution is 2.53. The van der Waals surface area contributed by atoms with Crippen molar-refractivity contribution in [1.82, 2.24) is 10.2 Å². The van der Waals surface area contributed by atoms with Crippen LogP contribution in [0.5, 0.6) is 11.5 Å². The normalized spacial score (nSPS) is 24.2. The van der Waals surface area contributed by atoms with E-state index in [-0.39, 0.29) is 22.6 Å². The molecule has 1 aromatic rings. The first kappa shape index (κ1) is 19.8. The number of benzene rings is 1. The molecule has 27 heavy (non-hydrogen) atoms. The van der Waals surface area contributed by atoms with Gasteiger partial charge in [0.05, 0.1) is 7.11 Å². The molecule has 0 spiro atoms. The SMILES string of the molecule is COc1cc2c(cc1O)CCC(C)(C)C2(C)CCNC(=O)N1CCCCC1. The molecule has 5 heteroatoms. The number of hydrogen-bond donors (Lipinski definition) is 2. The summed E-state index contributed by atoms with van der Waals surface area (Å²) in [5.74, 6) is 0.728. The van der Waals surface area contributed by atoms with Crippen LogP contribution in [0.1, 0.15) is 64.0 Å². The summed E-state index contributed by atoms with van der Waals surface area (Å²) in [5.41, 5.74) is 2.42. The van der Waals surface area contributed by atoms with Crippen molar-refractivity contribution < 1.29 is 14.6 Å². The standard InChI is InChI=1S/C22H34N2O3/c1-21(2)9-8-16-14-18(25)19(27-4)15-17(16)22(21,3)10-11-23-20(26)24-12-6-5-7-13-24/h14-15,25H,5-13H2,1-4H3,(H,23,26). The van der Waals surface area contributed by atoms with Crippen molar-refractivity contribution >= 4 is 6.03 Å². The zero-order valence-electron chi connectivity index (χ0n) is 17.2. The molecule has 1 atom stereocenters. The number of carbonyl (C=O) groups is 1. The number of phenolic OH excluding ortho intramolecular Hbond substituents is 1. The fraction of sp³-hybridized carbons (Fsp3) is 0.682. The van der Waals surface area contributed by atoms with E-state index in [4.69, 9.17) is 4.74 Å². The highest BCUT2D eigenvalue weighted by Gasteiger charge is 2.46. The first-order valence-electron chi connectivity index (χ1n) is 10.2. The molecule has 1 unspecified atom stereocenters. The van der Waals surface area contributed by atoms with Crippen LogP contribution in [-0.2, 0) is 11.8 Å². The quantitative estimate of drug-likeness (QED) is 0.830. The highest BCUT2D eigenvalue weighted by atomic mass is 16.5. The molecule has 0 saturated carbocycles. The first-order chi connectivity index (χ1) is 12.8. The lowest BCUT2D eigenvalue weighted by Gasteiger charge is -2.49. The average molecular weight is 375 g/mol. The van der Waals surface area contributed by atoms with E-state index in [2.05, 4.69) is 26.1 Å². The summed E-state index contributed by atoms with van der Waals surface area (Å²) in [6.45, 7) is 9.29. The third kappa shape index (κ3) is 3.74. The van der Waals surface area contributed by atoms with Gasteiger partial charge in [-0.15, -0.1) is 0 Å². The molecular weight excluding hydrogens is 340 g/mol. The molecular formula is C22H34N2O3. The number of urea groups is 1. The van der Waals surface area contributed by atoms with Gasteiger partial charge in [-0.05, 0) is 72.6 Å². The Morgan fingerprint density at radius 3 is 2.59 bits per heavy atom. The lowest BCUT2D eigenvalue weighted by atomic mass is 9.55. The van der Waals surface area contributed by atoms with Gasteiger partial charge in [-0.25, -0.2) is 4.79 Å². The summed E-state index contributed by atoms with van der Waals surface area (Å²) in [6, 6.07) is 3.92. The number of nitrogens with one attached hydrogen (secondary N) is 1. The van der Waals surface area contributed by atoms with E-state index in [0.717, 1.165) is 45.2 Å². The van der Waals surface area contributed by atoms with Crippen molar-refractivity contribution in [2.45, 2.75) is 64.7 Å². The van der Waals surface area contributed by atoms with Crippen LogP contribution in [0.4, 0.5) is 4.79 Å². The Bertz CT molecular complexity index is 695. The Hall–Kier alpha value is -1.91. The number of aryl methyl sites for hydroxylation is 1. The summed E-state index contributed by atoms with van der Waals surface area (Å²) in [5, 5.41) is 13.3. The molecule has 150 valence electrons. The van der Waals surface area contributed by atoms with Crippen LogP contribution in [0.25, 0.3) is 0 Å². The summed E-state index contributed by atoms with van der Waals surface area (Å²) in [6.07, 6.45) is 6.31. The fourth-order valence-electron chi connectivity index (χ4n) is 4.68. The number of hydrogen-bond acceptors (Lipinski definition) is 3. The number of ether oxygens (including phenoxy) is 1. The van der Waals surface area contributed by atoms with Crippen molar-refractivity contribution in [2.75, 3.05) is 26.7 Å². The molecule has 1 heterocycles. The average Bonchev–Trinajstić information content (AvgIpc) is 2.65. The van der Waals surface area contributed by atoms with Gasteiger partial charge in [-0.2, -0.15) is 0 Å². The molecule has 1 aromatic carbocycles. The number of piperidine rings is 1. The lowest BCUT2D eigenvalue weighted by molar-refractivity contribution is 0.133. The third-order valence-corrected chi connectivity index (χ3v) is 7.06. The molecule has 1 saturated heterocycles. The van der Waals surface area contributed by atoms with Gasteiger partial charge in [0.1, 0.15) is 0 Å². The molecule has 1 aliphatic heterocycles. The number of aromatic hydroxyl groups is 1. The van der Waals surface area contributed by atoms with Crippen LogP contribution >= 0.6 is 0 Å². The Morgan fingerprint density at radius 2 is 1.93 bits per heavy atom. The molecule has 0 bridgehead atoms. The van der Waals surface area contributed by atoms with E-state index in [0.29, 0.717) is 12.3 Å². The van der Waals surface area contributed by atoms with Gasteiger partial charge >= 0.3 is 6.03 Å².